The van der Waals surface area contributed by atoms with Crippen LogP contribution in [-0.4, -0.2) is 26.2 Å². The number of hydrogen-bond donors (Lipinski definition) is 4. The van der Waals surface area contributed by atoms with Gasteiger partial charge in [0.15, 0.2) is 5.13 Å². The van der Waals surface area contributed by atoms with Crippen molar-refractivity contribution in [3.63, 3.8) is 0 Å². The van der Waals surface area contributed by atoms with Crippen LogP contribution in [0.1, 0.15) is 20.8 Å². The van der Waals surface area contributed by atoms with Crippen LogP contribution in [0.2, 0.25) is 0 Å². The maximum absolute atomic E-state index is 12.6. The minimum atomic E-state index is -0.488. The second-order valence-corrected chi connectivity index (χ2v) is 7.78. The SMILES string of the molecule is O=C(Nc1nc(-c2ccc(O)cc2)c(Cc2ccccc2)s1)c1cc(O)cc(O)c1. The Morgan fingerprint density at radius 1 is 0.867 bits per heavy atom. The van der Waals surface area contributed by atoms with Crippen molar-refractivity contribution < 1.29 is 20.1 Å². The number of carbonyl (C=O) groups is 1. The van der Waals surface area contributed by atoms with Crippen molar-refractivity contribution >= 4 is 22.4 Å². The van der Waals surface area contributed by atoms with E-state index in [1.54, 1.807) is 24.3 Å². The number of nitrogens with one attached hydrogen (secondary N) is 1. The molecule has 0 saturated carbocycles. The van der Waals surface area contributed by atoms with Gasteiger partial charge in [-0.3, -0.25) is 10.1 Å². The summed E-state index contributed by atoms with van der Waals surface area (Å²) in [6.45, 7) is 0. The van der Waals surface area contributed by atoms with Crippen LogP contribution in [0.25, 0.3) is 11.3 Å². The van der Waals surface area contributed by atoms with E-state index < -0.39 is 5.91 Å². The molecular weight excluding hydrogens is 400 g/mol. The molecule has 150 valence electrons. The maximum Gasteiger partial charge on any atom is 0.257 e. The van der Waals surface area contributed by atoms with Crippen molar-refractivity contribution in [2.24, 2.45) is 0 Å². The predicted octanol–water partition coefficient (Wildman–Crippen LogP) is 4.77. The summed E-state index contributed by atoms with van der Waals surface area (Å²) in [5.41, 5.74) is 2.78. The Labute approximate surface area is 176 Å². The van der Waals surface area contributed by atoms with E-state index in [0.29, 0.717) is 11.6 Å². The fourth-order valence-corrected chi connectivity index (χ4v) is 4.06. The van der Waals surface area contributed by atoms with Gasteiger partial charge in [-0.25, -0.2) is 4.98 Å². The smallest absolute Gasteiger partial charge is 0.257 e. The lowest BCUT2D eigenvalue weighted by Crippen LogP contribution is -2.11. The summed E-state index contributed by atoms with van der Waals surface area (Å²) < 4.78 is 0. The first-order valence-electron chi connectivity index (χ1n) is 9.15. The lowest BCUT2D eigenvalue weighted by atomic mass is 10.1. The Morgan fingerprint density at radius 2 is 1.53 bits per heavy atom. The number of phenolic OH excluding ortho intramolecular Hbond substituents is 3. The molecule has 0 saturated heterocycles. The Bertz CT molecular complexity index is 1170. The van der Waals surface area contributed by atoms with E-state index in [1.807, 2.05) is 30.3 Å². The molecule has 0 unspecified atom stereocenters. The van der Waals surface area contributed by atoms with Gasteiger partial charge in [0.2, 0.25) is 0 Å². The lowest BCUT2D eigenvalue weighted by molar-refractivity contribution is 0.102. The fourth-order valence-electron chi connectivity index (χ4n) is 3.05. The number of anilines is 1. The van der Waals surface area contributed by atoms with Gasteiger partial charge in [0.1, 0.15) is 17.2 Å². The third kappa shape index (κ3) is 4.42. The van der Waals surface area contributed by atoms with E-state index in [4.69, 9.17) is 0 Å². The summed E-state index contributed by atoms with van der Waals surface area (Å²) in [5, 5.41) is 32.0. The highest BCUT2D eigenvalue weighted by Crippen LogP contribution is 2.34. The zero-order valence-corrected chi connectivity index (χ0v) is 16.6. The molecule has 4 aromatic rings. The molecule has 0 bridgehead atoms. The monoisotopic (exact) mass is 418 g/mol. The molecule has 6 nitrogen and oxygen atoms in total. The van der Waals surface area contributed by atoms with Crippen molar-refractivity contribution in [2.45, 2.75) is 6.42 Å². The molecular formula is C23H18N2O4S. The number of aromatic hydroxyl groups is 3. The number of phenols is 3. The summed E-state index contributed by atoms with van der Waals surface area (Å²) in [7, 11) is 0. The van der Waals surface area contributed by atoms with Gasteiger partial charge < -0.3 is 15.3 Å². The molecule has 0 spiro atoms. The van der Waals surface area contributed by atoms with Crippen LogP contribution < -0.4 is 5.32 Å². The molecule has 1 aromatic heterocycles. The number of rotatable bonds is 5. The molecule has 4 rings (SSSR count). The van der Waals surface area contributed by atoms with Gasteiger partial charge in [-0.2, -0.15) is 0 Å². The van der Waals surface area contributed by atoms with E-state index in [-0.39, 0.29) is 22.8 Å². The number of carbonyl (C=O) groups excluding carboxylic acids is 1. The molecule has 3 aromatic carbocycles. The fraction of sp³-hybridized carbons (Fsp3) is 0.0435. The van der Waals surface area contributed by atoms with Gasteiger partial charge in [-0.05, 0) is 42.0 Å². The lowest BCUT2D eigenvalue weighted by Gasteiger charge is -2.03. The highest BCUT2D eigenvalue weighted by molar-refractivity contribution is 7.16. The second kappa shape index (κ2) is 8.26. The zero-order chi connectivity index (χ0) is 21.1. The number of nitrogens with zero attached hydrogens (tertiary/aromatic N) is 1. The Balaban J connectivity index is 1.67. The molecule has 0 aliphatic carbocycles. The van der Waals surface area contributed by atoms with E-state index in [9.17, 15) is 20.1 Å². The van der Waals surface area contributed by atoms with Gasteiger partial charge in [0.05, 0.1) is 5.69 Å². The molecule has 1 heterocycles. The van der Waals surface area contributed by atoms with Crippen LogP contribution in [0.15, 0.2) is 72.8 Å². The predicted molar refractivity (Wildman–Crippen MR) is 116 cm³/mol. The largest absolute Gasteiger partial charge is 0.508 e. The van der Waals surface area contributed by atoms with E-state index in [1.165, 1.54) is 23.5 Å². The van der Waals surface area contributed by atoms with Gasteiger partial charge in [-0.1, -0.05) is 30.3 Å². The number of aromatic nitrogens is 1. The van der Waals surface area contributed by atoms with Crippen LogP contribution in [0.5, 0.6) is 17.2 Å². The Hall–Kier alpha value is -3.84. The van der Waals surface area contributed by atoms with Crippen LogP contribution in [0.4, 0.5) is 5.13 Å². The summed E-state index contributed by atoms with van der Waals surface area (Å²) in [6.07, 6.45) is 0.636. The average molecular weight is 418 g/mol. The molecule has 30 heavy (non-hydrogen) atoms. The minimum absolute atomic E-state index is 0.124. The van der Waals surface area contributed by atoms with Crippen LogP contribution in [0, 0.1) is 0 Å². The first-order valence-corrected chi connectivity index (χ1v) is 9.97. The standard InChI is InChI=1S/C23H18N2O4S/c26-17-8-6-15(7-9-17)21-20(10-14-4-2-1-3-5-14)30-23(24-21)25-22(29)16-11-18(27)13-19(28)12-16/h1-9,11-13,26-28H,10H2,(H,24,25,29). The molecule has 0 fully saturated rings. The topological polar surface area (TPSA) is 103 Å². The number of benzene rings is 3. The maximum atomic E-state index is 12.6. The third-order valence-electron chi connectivity index (χ3n) is 4.43. The number of hydrogen-bond acceptors (Lipinski definition) is 6. The highest BCUT2D eigenvalue weighted by Gasteiger charge is 2.17. The molecule has 0 aliphatic rings. The van der Waals surface area contributed by atoms with Crippen LogP contribution >= 0.6 is 11.3 Å². The van der Waals surface area contributed by atoms with Gasteiger partial charge in [0.25, 0.3) is 5.91 Å². The van der Waals surface area contributed by atoms with Crippen molar-refractivity contribution in [1.29, 1.82) is 0 Å². The molecule has 1 amide bonds. The Kier molecular flexibility index (Phi) is 5.36. The summed E-state index contributed by atoms with van der Waals surface area (Å²) >= 11 is 1.35. The number of thiazole rings is 1. The van der Waals surface area contributed by atoms with Gasteiger partial charge in [-0.15, -0.1) is 11.3 Å². The van der Waals surface area contributed by atoms with Gasteiger partial charge >= 0.3 is 0 Å². The quantitative estimate of drug-likeness (QED) is 0.374. The van der Waals surface area contributed by atoms with E-state index >= 15 is 0 Å². The summed E-state index contributed by atoms with van der Waals surface area (Å²) in [4.78, 5) is 18.1. The molecule has 7 heteroatoms. The summed E-state index contributed by atoms with van der Waals surface area (Å²) in [5.74, 6) is -0.725. The molecule has 0 radical (unpaired) electrons. The van der Waals surface area contributed by atoms with Gasteiger partial charge in [0, 0.05) is 28.5 Å². The highest BCUT2D eigenvalue weighted by atomic mass is 32.1. The van der Waals surface area contributed by atoms with E-state index in [0.717, 1.165) is 27.8 Å². The van der Waals surface area contributed by atoms with E-state index in [2.05, 4.69) is 10.3 Å². The minimum Gasteiger partial charge on any atom is -0.508 e. The van der Waals surface area contributed by atoms with Crippen LogP contribution in [-0.2, 0) is 6.42 Å². The van der Waals surface area contributed by atoms with Crippen LogP contribution in [0.3, 0.4) is 0 Å². The number of amides is 1. The van der Waals surface area contributed by atoms with Crippen molar-refractivity contribution in [3.8, 4) is 28.5 Å². The van der Waals surface area contributed by atoms with Crippen molar-refractivity contribution in [1.82, 2.24) is 4.98 Å². The summed E-state index contributed by atoms with van der Waals surface area (Å²) in [6, 6.07) is 20.4. The molecule has 4 N–H and O–H groups in total. The first-order chi connectivity index (χ1) is 14.5. The zero-order valence-electron chi connectivity index (χ0n) is 15.7. The van der Waals surface area contributed by atoms with Crippen molar-refractivity contribution in [3.05, 3.63) is 88.8 Å². The van der Waals surface area contributed by atoms with Crippen molar-refractivity contribution in [2.75, 3.05) is 5.32 Å². The normalized spacial score (nSPS) is 10.7. The third-order valence-corrected chi connectivity index (χ3v) is 5.40. The molecule has 0 atom stereocenters. The average Bonchev–Trinajstić information content (AvgIpc) is 3.10. The first kappa shape index (κ1) is 19.5. The second-order valence-electron chi connectivity index (χ2n) is 6.69. The molecule has 0 aliphatic heterocycles. The Morgan fingerprint density at radius 3 is 2.20 bits per heavy atom.